The second kappa shape index (κ2) is 6.17. The molecule has 0 amide bonds. The van der Waals surface area contributed by atoms with Gasteiger partial charge < -0.3 is 9.32 Å². The van der Waals surface area contributed by atoms with Crippen LogP contribution in [-0.2, 0) is 0 Å². The van der Waals surface area contributed by atoms with Crippen molar-refractivity contribution in [2.24, 2.45) is 0 Å². The fourth-order valence-corrected chi connectivity index (χ4v) is 3.10. The van der Waals surface area contributed by atoms with Crippen LogP contribution in [0.5, 0.6) is 0 Å². The maximum Gasteiger partial charge on any atom is 0.196 e. The molecule has 2 heteroatoms. The summed E-state index contributed by atoms with van der Waals surface area (Å²) in [6.07, 6.45) is 8.05. The molecule has 1 aromatic carbocycles. The third-order valence-electron chi connectivity index (χ3n) is 4.37. The Balaban J connectivity index is 1.75. The summed E-state index contributed by atoms with van der Waals surface area (Å²) in [4.78, 5) is 2.33. The Morgan fingerprint density at radius 1 is 0.900 bits per heavy atom. The molecular weight excluding hydrogens is 246 g/mol. The second-order valence-electron chi connectivity index (χ2n) is 5.76. The lowest BCUT2D eigenvalue weighted by atomic mass is 10.1. The molecule has 3 rings (SSSR count). The predicted molar refractivity (Wildman–Crippen MR) is 84.0 cm³/mol. The van der Waals surface area contributed by atoms with E-state index in [0.717, 1.165) is 17.2 Å². The first kappa shape index (κ1) is 13.3. The minimum Gasteiger partial charge on any atom is -0.441 e. The van der Waals surface area contributed by atoms with Gasteiger partial charge in [0.25, 0.3) is 0 Å². The third kappa shape index (κ3) is 2.90. The molecule has 1 heterocycles. The predicted octanol–water partition coefficient (Wildman–Crippen LogP) is 5.11. The fraction of sp³-hybridized carbons (Fsp3) is 0.444. The van der Waals surface area contributed by atoms with Crippen molar-refractivity contribution in [3.63, 3.8) is 0 Å². The van der Waals surface area contributed by atoms with E-state index in [9.17, 15) is 0 Å². The molecule has 0 N–H and O–H groups in total. The van der Waals surface area contributed by atoms with Gasteiger partial charge in [-0.25, -0.2) is 0 Å². The summed E-state index contributed by atoms with van der Waals surface area (Å²) in [5.74, 6) is 1.96. The number of rotatable bonds is 3. The topological polar surface area (TPSA) is 16.4 Å². The highest BCUT2D eigenvalue weighted by molar-refractivity contribution is 5.59. The van der Waals surface area contributed by atoms with Crippen molar-refractivity contribution < 1.29 is 4.42 Å². The highest BCUT2D eigenvalue weighted by atomic mass is 16.4. The lowest BCUT2D eigenvalue weighted by Crippen LogP contribution is -2.30. The van der Waals surface area contributed by atoms with Crippen molar-refractivity contribution in [2.45, 2.75) is 44.6 Å². The molecule has 0 radical (unpaired) electrons. The van der Waals surface area contributed by atoms with Crippen LogP contribution in [0, 0.1) is 0 Å². The van der Waals surface area contributed by atoms with Crippen LogP contribution in [0.2, 0.25) is 0 Å². The van der Waals surface area contributed by atoms with Crippen molar-refractivity contribution in [1.29, 1.82) is 0 Å². The molecule has 0 aliphatic heterocycles. The van der Waals surface area contributed by atoms with Gasteiger partial charge in [0.05, 0.1) is 0 Å². The first-order valence-electron chi connectivity index (χ1n) is 7.73. The second-order valence-corrected chi connectivity index (χ2v) is 5.76. The number of benzene rings is 1. The Hall–Kier alpha value is -1.70. The molecule has 0 unspecified atom stereocenters. The molecule has 1 saturated carbocycles. The van der Waals surface area contributed by atoms with Crippen molar-refractivity contribution in [3.8, 4) is 11.3 Å². The zero-order chi connectivity index (χ0) is 13.8. The maximum absolute atomic E-state index is 6.05. The SMILES string of the molecule is CN(c1ccc(-c2ccccc2)o1)C1CCCCCC1. The van der Waals surface area contributed by atoms with Gasteiger partial charge in [0, 0.05) is 24.7 Å². The molecule has 2 aromatic rings. The number of furan rings is 1. The molecule has 1 aliphatic carbocycles. The van der Waals surface area contributed by atoms with E-state index in [-0.39, 0.29) is 0 Å². The molecule has 0 spiro atoms. The van der Waals surface area contributed by atoms with Gasteiger partial charge in [-0.15, -0.1) is 0 Å². The van der Waals surface area contributed by atoms with Crippen LogP contribution in [0.25, 0.3) is 11.3 Å². The largest absolute Gasteiger partial charge is 0.441 e. The van der Waals surface area contributed by atoms with E-state index in [0.29, 0.717) is 6.04 Å². The van der Waals surface area contributed by atoms with Gasteiger partial charge >= 0.3 is 0 Å². The Morgan fingerprint density at radius 3 is 2.30 bits per heavy atom. The van der Waals surface area contributed by atoms with E-state index in [1.54, 1.807) is 0 Å². The highest BCUT2D eigenvalue weighted by Gasteiger charge is 2.19. The first-order chi connectivity index (χ1) is 9.84. The van der Waals surface area contributed by atoms with Gasteiger partial charge in [0.1, 0.15) is 5.76 Å². The quantitative estimate of drug-likeness (QED) is 0.720. The van der Waals surface area contributed by atoms with E-state index in [1.165, 1.54) is 38.5 Å². The minimum absolute atomic E-state index is 0.632. The maximum atomic E-state index is 6.05. The van der Waals surface area contributed by atoms with E-state index < -0.39 is 0 Å². The van der Waals surface area contributed by atoms with E-state index in [2.05, 4.69) is 36.2 Å². The summed E-state index contributed by atoms with van der Waals surface area (Å²) < 4.78 is 6.05. The molecule has 0 saturated heterocycles. The summed E-state index contributed by atoms with van der Waals surface area (Å²) >= 11 is 0. The van der Waals surface area contributed by atoms with E-state index >= 15 is 0 Å². The summed E-state index contributed by atoms with van der Waals surface area (Å²) in [7, 11) is 2.17. The molecule has 2 nitrogen and oxygen atoms in total. The zero-order valence-corrected chi connectivity index (χ0v) is 12.2. The molecule has 106 valence electrons. The van der Waals surface area contributed by atoms with Gasteiger partial charge in [-0.3, -0.25) is 0 Å². The molecule has 20 heavy (non-hydrogen) atoms. The van der Waals surface area contributed by atoms with Crippen molar-refractivity contribution in [2.75, 3.05) is 11.9 Å². The van der Waals surface area contributed by atoms with Gasteiger partial charge in [-0.2, -0.15) is 0 Å². The van der Waals surface area contributed by atoms with Crippen LogP contribution in [0.3, 0.4) is 0 Å². The van der Waals surface area contributed by atoms with Crippen LogP contribution in [0.4, 0.5) is 5.88 Å². The van der Waals surface area contributed by atoms with Crippen LogP contribution >= 0.6 is 0 Å². The smallest absolute Gasteiger partial charge is 0.196 e. The van der Waals surface area contributed by atoms with Gasteiger partial charge in [0.2, 0.25) is 0 Å². The zero-order valence-electron chi connectivity index (χ0n) is 12.2. The molecule has 1 aromatic heterocycles. The van der Waals surface area contributed by atoms with Crippen LogP contribution in [0.15, 0.2) is 46.9 Å². The summed E-state index contributed by atoms with van der Waals surface area (Å²) in [6, 6.07) is 15.1. The Morgan fingerprint density at radius 2 is 1.60 bits per heavy atom. The Kier molecular flexibility index (Phi) is 4.10. The molecular formula is C18H23NO. The van der Waals surface area contributed by atoms with E-state index in [1.807, 2.05) is 18.2 Å². The molecule has 0 atom stereocenters. The Labute approximate surface area is 121 Å². The third-order valence-corrected chi connectivity index (χ3v) is 4.37. The number of hydrogen-bond donors (Lipinski definition) is 0. The van der Waals surface area contributed by atoms with Crippen molar-refractivity contribution in [3.05, 3.63) is 42.5 Å². The summed E-state index contributed by atoms with van der Waals surface area (Å²) in [5.41, 5.74) is 1.15. The van der Waals surface area contributed by atoms with Crippen LogP contribution in [-0.4, -0.2) is 13.1 Å². The first-order valence-corrected chi connectivity index (χ1v) is 7.73. The van der Waals surface area contributed by atoms with Crippen LogP contribution in [0.1, 0.15) is 38.5 Å². The molecule has 0 bridgehead atoms. The molecule has 1 aliphatic rings. The summed E-state index contributed by atoms with van der Waals surface area (Å²) in [5, 5.41) is 0. The standard InChI is InChI=1S/C18H23NO/c1-19(16-11-7-2-3-8-12-16)18-14-13-17(20-18)15-9-5-4-6-10-15/h4-6,9-10,13-14,16H,2-3,7-8,11-12H2,1H3. The van der Waals surface area contributed by atoms with Gasteiger partial charge in [0.15, 0.2) is 5.88 Å². The number of hydrogen-bond acceptors (Lipinski definition) is 2. The van der Waals surface area contributed by atoms with Gasteiger partial charge in [-0.1, -0.05) is 56.0 Å². The number of anilines is 1. The lowest BCUT2D eigenvalue weighted by molar-refractivity contribution is 0.495. The minimum atomic E-state index is 0.632. The molecule has 1 fully saturated rings. The lowest BCUT2D eigenvalue weighted by Gasteiger charge is -2.26. The summed E-state index contributed by atoms with van der Waals surface area (Å²) in [6.45, 7) is 0. The average Bonchev–Trinajstić information content (AvgIpc) is 2.83. The fourth-order valence-electron chi connectivity index (χ4n) is 3.10. The van der Waals surface area contributed by atoms with Crippen LogP contribution < -0.4 is 4.90 Å². The normalized spacial score (nSPS) is 16.9. The average molecular weight is 269 g/mol. The monoisotopic (exact) mass is 269 g/mol. The van der Waals surface area contributed by atoms with Crippen molar-refractivity contribution in [1.82, 2.24) is 0 Å². The van der Waals surface area contributed by atoms with E-state index in [4.69, 9.17) is 4.42 Å². The van der Waals surface area contributed by atoms with Gasteiger partial charge in [-0.05, 0) is 18.9 Å². The van der Waals surface area contributed by atoms with Crippen molar-refractivity contribution >= 4 is 5.88 Å². The number of nitrogens with zero attached hydrogens (tertiary/aromatic N) is 1. The Bertz CT molecular complexity index is 523. The highest BCUT2D eigenvalue weighted by Crippen LogP contribution is 2.30.